The summed E-state index contributed by atoms with van der Waals surface area (Å²) in [5.74, 6) is -1.03. The van der Waals surface area contributed by atoms with E-state index < -0.39 is 28.0 Å². The highest BCUT2D eigenvalue weighted by Crippen LogP contribution is 2.50. The molecule has 6 rings (SSSR count). The highest BCUT2D eigenvalue weighted by molar-refractivity contribution is 6.66. The molecular formula is C39H35ClO7. The first-order valence-corrected chi connectivity index (χ1v) is 15.1. The smallest absolute Gasteiger partial charge is 0.330 e. The van der Waals surface area contributed by atoms with Gasteiger partial charge in [-0.05, 0) is 62.2 Å². The number of aliphatic hydroxyl groups is 2. The molecule has 2 N–H and O–H groups in total. The second-order valence-electron chi connectivity index (χ2n) is 10.8. The number of halogens is 1. The van der Waals surface area contributed by atoms with Crippen LogP contribution in [0.4, 0.5) is 0 Å². The van der Waals surface area contributed by atoms with E-state index in [0.717, 1.165) is 62.7 Å². The molecule has 7 nitrogen and oxygen atoms in total. The molecule has 0 heterocycles. The highest BCUT2D eigenvalue weighted by Gasteiger charge is 2.45. The molecule has 0 atom stereocenters. The predicted octanol–water partition coefficient (Wildman–Crippen LogP) is 6.29. The van der Waals surface area contributed by atoms with E-state index in [1.54, 1.807) is 0 Å². The summed E-state index contributed by atoms with van der Waals surface area (Å²) in [5, 5.41) is 19.0. The van der Waals surface area contributed by atoms with Crippen LogP contribution in [0.1, 0.15) is 22.3 Å². The standard InChI is InChI=1S/C21H18O4.C15H14O2.C3H3ClO/c1-3-19(22)24-13-21(14-25-20(23)4-2)17-11-7-5-9-15(17)16-10-6-8-12-18(16)21;16-9-15(10-17)13-7-3-1-5-11(13)12-6-2-4-8-14(12)15;1-2-3(4)5/h3-12H,1-2,13-14H2;1-8,16-17H,9-10H2;2H,1H2. The Kier molecular flexibility index (Phi) is 11.5. The van der Waals surface area contributed by atoms with Crippen LogP contribution < -0.4 is 0 Å². The first kappa shape index (κ1) is 34.8. The second-order valence-corrected chi connectivity index (χ2v) is 11.2. The summed E-state index contributed by atoms with van der Waals surface area (Å²) in [4.78, 5) is 32.8. The maximum atomic E-state index is 11.7. The molecule has 0 aliphatic heterocycles. The van der Waals surface area contributed by atoms with Crippen LogP contribution in [0.3, 0.4) is 0 Å². The average molecular weight is 651 g/mol. The van der Waals surface area contributed by atoms with E-state index in [0.29, 0.717) is 0 Å². The molecular weight excluding hydrogens is 616 g/mol. The van der Waals surface area contributed by atoms with Crippen LogP contribution in [-0.2, 0) is 34.7 Å². The Morgan fingerprint density at radius 2 is 0.830 bits per heavy atom. The van der Waals surface area contributed by atoms with Crippen molar-refractivity contribution in [2.24, 2.45) is 0 Å². The van der Waals surface area contributed by atoms with Gasteiger partial charge in [-0.2, -0.15) is 0 Å². The van der Waals surface area contributed by atoms with Crippen molar-refractivity contribution in [1.82, 2.24) is 0 Å². The second kappa shape index (κ2) is 15.5. The summed E-state index contributed by atoms with van der Waals surface area (Å²) in [7, 11) is 0. The fraction of sp³-hybridized carbons (Fsp3) is 0.154. The summed E-state index contributed by atoms with van der Waals surface area (Å²) >= 11 is 4.71. The number of aliphatic hydroxyl groups excluding tert-OH is 2. The number of fused-ring (bicyclic) bond motifs is 6. The fourth-order valence-corrected chi connectivity index (χ4v) is 6.08. The zero-order valence-corrected chi connectivity index (χ0v) is 26.5. The number of hydrogen-bond acceptors (Lipinski definition) is 7. The van der Waals surface area contributed by atoms with Crippen LogP contribution in [0.2, 0.25) is 0 Å². The molecule has 4 aromatic carbocycles. The van der Waals surface area contributed by atoms with E-state index in [1.165, 1.54) is 0 Å². The summed E-state index contributed by atoms with van der Waals surface area (Å²) in [6.07, 6.45) is 3.29. The van der Waals surface area contributed by atoms with Crippen molar-refractivity contribution in [3.63, 3.8) is 0 Å². The van der Waals surface area contributed by atoms with Gasteiger partial charge in [0.2, 0.25) is 5.24 Å². The molecule has 8 heteroatoms. The van der Waals surface area contributed by atoms with Crippen molar-refractivity contribution in [3.05, 3.63) is 157 Å². The first-order valence-electron chi connectivity index (χ1n) is 14.7. The Morgan fingerprint density at radius 3 is 1.09 bits per heavy atom. The van der Waals surface area contributed by atoms with Gasteiger partial charge in [-0.1, -0.05) is 117 Å². The molecule has 240 valence electrons. The Hall–Kier alpha value is -5.08. The number of rotatable bonds is 9. The number of benzene rings is 4. The molecule has 0 spiro atoms. The predicted molar refractivity (Wildman–Crippen MR) is 183 cm³/mol. The van der Waals surface area contributed by atoms with E-state index in [-0.39, 0.29) is 26.4 Å². The molecule has 0 bridgehead atoms. The van der Waals surface area contributed by atoms with Crippen molar-refractivity contribution in [2.75, 3.05) is 26.4 Å². The number of carbonyl (C=O) groups is 3. The lowest BCUT2D eigenvalue weighted by Crippen LogP contribution is -2.38. The Balaban J connectivity index is 0.000000196. The maximum Gasteiger partial charge on any atom is 0.330 e. The van der Waals surface area contributed by atoms with E-state index >= 15 is 0 Å². The van der Waals surface area contributed by atoms with Gasteiger partial charge in [0.1, 0.15) is 13.2 Å². The summed E-state index contributed by atoms with van der Waals surface area (Å²) < 4.78 is 10.8. The van der Waals surface area contributed by atoms with Gasteiger partial charge < -0.3 is 19.7 Å². The molecule has 0 aromatic heterocycles. The maximum absolute atomic E-state index is 11.7. The number of allylic oxidation sites excluding steroid dienone is 1. The van der Waals surface area contributed by atoms with Crippen molar-refractivity contribution in [2.45, 2.75) is 10.8 Å². The van der Waals surface area contributed by atoms with Gasteiger partial charge in [0, 0.05) is 12.2 Å². The minimum atomic E-state index is -0.759. The monoisotopic (exact) mass is 650 g/mol. The van der Waals surface area contributed by atoms with Crippen molar-refractivity contribution < 1.29 is 34.1 Å². The van der Waals surface area contributed by atoms with Gasteiger partial charge in [-0.15, -0.1) is 0 Å². The number of esters is 2. The van der Waals surface area contributed by atoms with E-state index in [9.17, 15) is 24.6 Å². The molecule has 0 saturated carbocycles. The van der Waals surface area contributed by atoms with Crippen LogP contribution in [-0.4, -0.2) is 53.8 Å². The van der Waals surface area contributed by atoms with Crippen LogP contribution in [0.15, 0.2) is 135 Å². The van der Waals surface area contributed by atoms with Crippen LogP contribution in [0, 0.1) is 0 Å². The number of hydrogen-bond donors (Lipinski definition) is 2. The van der Waals surface area contributed by atoms with E-state index in [4.69, 9.17) is 21.1 Å². The minimum Gasteiger partial charge on any atom is -0.461 e. The van der Waals surface area contributed by atoms with Gasteiger partial charge in [0.25, 0.3) is 0 Å². The third kappa shape index (κ3) is 6.88. The number of carbonyl (C=O) groups excluding carboxylic acids is 3. The zero-order chi connectivity index (χ0) is 34.0. The van der Waals surface area contributed by atoms with Crippen LogP contribution in [0.25, 0.3) is 22.3 Å². The third-order valence-electron chi connectivity index (χ3n) is 8.31. The lowest BCUT2D eigenvalue weighted by molar-refractivity contribution is -0.143. The number of ether oxygens (including phenoxy) is 2. The lowest BCUT2D eigenvalue weighted by Gasteiger charge is -2.30. The molecule has 4 aromatic rings. The summed E-state index contributed by atoms with van der Waals surface area (Å²) in [6, 6.07) is 31.7. The average Bonchev–Trinajstić information content (AvgIpc) is 3.57. The third-order valence-corrected chi connectivity index (χ3v) is 8.46. The van der Waals surface area contributed by atoms with Gasteiger partial charge >= 0.3 is 11.9 Å². The Labute approximate surface area is 279 Å². The van der Waals surface area contributed by atoms with Crippen molar-refractivity contribution >= 4 is 28.8 Å². The SMILES string of the molecule is C=CC(=O)Cl.C=CC(=O)OCC1(COC(=O)C=C)c2ccccc2-c2ccccc21.OCC1(CO)c2ccccc2-c2ccccc21. The molecule has 0 unspecified atom stereocenters. The van der Waals surface area contributed by atoms with Crippen LogP contribution >= 0.6 is 11.6 Å². The van der Waals surface area contributed by atoms with E-state index in [2.05, 4.69) is 19.7 Å². The molecule has 47 heavy (non-hydrogen) atoms. The molecule has 0 amide bonds. The molecule has 2 aliphatic rings. The summed E-state index contributed by atoms with van der Waals surface area (Å²) in [6.45, 7) is 9.90. The Bertz CT molecular complexity index is 1690. The topological polar surface area (TPSA) is 110 Å². The molecule has 2 aliphatic carbocycles. The molecule has 0 saturated heterocycles. The highest BCUT2D eigenvalue weighted by atomic mass is 35.5. The first-order chi connectivity index (χ1) is 22.7. The van der Waals surface area contributed by atoms with Crippen molar-refractivity contribution in [3.8, 4) is 22.3 Å². The largest absolute Gasteiger partial charge is 0.461 e. The Morgan fingerprint density at radius 1 is 0.553 bits per heavy atom. The molecule has 0 radical (unpaired) electrons. The lowest BCUT2D eigenvalue weighted by atomic mass is 9.79. The molecule has 0 fully saturated rings. The fourth-order valence-electron chi connectivity index (χ4n) is 6.08. The normalized spacial score (nSPS) is 13.3. The van der Waals surface area contributed by atoms with Gasteiger partial charge in [-0.3, -0.25) is 4.79 Å². The minimum absolute atomic E-state index is 0.0519. The van der Waals surface area contributed by atoms with Crippen LogP contribution in [0.5, 0.6) is 0 Å². The van der Waals surface area contributed by atoms with Gasteiger partial charge in [0.05, 0.1) is 24.0 Å². The zero-order valence-electron chi connectivity index (χ0n) is 25.7. The van der Waals surface area contributed by atoms with Gasteiger partial charge in [0.15, 0.2) is 0 Å². The van der Waals surface area contributed by atoms with Gasteiger partial charge in [-0.25, -0.2) is 9.59 Å². The van der Waals surface area contributed by atoms with Crippen molar-refractivity contribution in [1.29, 1.82) is 0 Å². The van der Waals surface area contributed by atoms with E-state index in [1.807, 2.05) is 97.1 Å². The summed E-state index contributed by atoms with van der Waals surface area (Å²) in [5.41, 5.74) is 6.88. The quantitative estimate of drug-likeness (QED) is 0.125.